The Labute approximate surface area is 105 Å². The molecule has 0 aromatic heterocycles. The molecule has 2 bridgehead atoms. The molecule has 2 aliphatic rings. The molecule has 2 aliphatic heterocycles. The van der Waals surface area contributed by atoms with E-state index < -0.39 is 0 Å². The molecule has 2 heterocycles. The first kappa shape index (κ1) is 13.3. The van der Waals surface area contributed by atoms with E-state index in [2.05, 4.69) is 12.2 Å². The summed E-state index contributed by atoms with van der Waals surface area (Å²) in [5, 5.41) is 12.4. The third-order valence-electron chi connectivity index (χ3n) is 4.50. The number of aliphatic hydroxyl groups excluding tert-OH is 1. The highest BCUT2D eigenvalue weighted by atomic mass is 16.5. The van der Waals surface area contributed by atoms with Crippen molar-refractivity contribution in [2.75, 3.05) is 13.2 Å². The summed E-state index contributed by atoms with van der Waals surface area (Å²) in [6.45, 7) is 3.66. The second-order valence-electron chi connectivity index (χ2n) is 5.71. The van der Waals surface area contributed by atoms with E-state index in [1.807, 2.05) is 0 Å². The molecule has 0 radical (unpaired) electrons. The van der Waals surface area contributed by atoms with Crippen LogP contribution < -0.4 is 5.32 Å². The summed E-state index contributed by atoms with van der Waals surface area (Å²) in [6, 6.07) is 0. The fourth-order valence-electron chi connectivity index (χ4n) is 3.52. The fourth-order valence-corrected chi connectivity index (χ4v) is 3.52. The maximum absolute atomic E-state index is 8.99. The van der Waals surface area contributed by atoms with Gasteiger partial charge < -0.3 is 9.84 Å². The van der Waals surface area contributed by atoms with Crippen LogP contribution in [0, 0.1) is 5.41 Å². The number of unbranched alkanes of at least 4 members (excludes halogenated alkanes) is 2. The Balaban J connectivity index is 1.93. The molecule has 0 aromatic rings. The molecule has 2 N–H and O–H groups in total. The van der Waals surface area contributed by atoms with Crippen LogP contribution in [-0.4, -0.2) is 30.6 Å². The van der Waals surface area contributed by atoms with Crippen LogP contribution >= 0.6 is 0 Å². The lowest BCUT2D eigenvalue weighted by Crippen LogP contribution is -2.39. The van der Waals surface area contributed by atoms with Gasteiger partial charge in [0.2, 0.25) is 0 Å². The van der Waals surface area contributed by atoms with Crippen molar-refractivity contribution in [3.63, 3.8) is 0 Å². The number of piperidine rings is 1. The molecule has 3 nitrogen and oxygen atoms in total. The highest BCUT2D eigenvalue weighted by Crippen LogP contribution is 2.48. The molecule has 17 heavy (non-hydrogen) atoms. The van der Waals surface area contributed by atoms with E-state index in [0.29, 0.717) is 18.1 Å². The van der Waals surface area contributed by atoms with Gasteiger partial charge in [-0.3, -0.25) is 5.32 Å². The minimum atomic E-state index is 0.286. The highest BCUT2D eigenvalue weighted by molar-refractivity contribution is 4.98. The Morgan fingerprint density at radius 3 is 3.00 bits per heavy atom. The number of nitrogens with one attached hydrogen (secondary N) is 1. The summed E-state index contributed by atoms with van der Waals surface area (Å²) in [4.78, 5) is 0. The third kappa shape index (κ3) is 3.01. The van der Waals surface area contributed by atoms with Crippen molar-refractivity contribution in [3.05, 3.63) is 0 Å². The molecule has 0 amide bonds. The summed E-state index contributed by atoms with van der Waals surface area (Å²) in [5.74, 6) is 0. The Bertz CT molecular complexity index is 234. The average molecular weight is 241 g/mol. The predicted molar refractivity (Wildman–Crippen MR) is 68.8 cm³/mol. The summed E-state index contributed by atoms with van der Waals surface area (Å²) >= 11 is 0. The Kier molecular flexibility index (Phi) is 4.83. The lowest BCUT2D eigenvalue weighted by atomic mass is 9.71. The Morgan fingerprint density at radius 2 is 2.24 bits per heavy atom. The van der Waals surface area contributed by atoms with Crippen molar-refractivity contribution in [3.8, 4) is 0 Å². The van der Waals surface area contributed by atoms with Gasteiger partial charge in [-0.2, -0.15) is 0 Å². The average Bonchev–Trinajstić information content (AvgIpc) is 2.58. The normalized spacial score (nSPS) is 36.4. The van der Waals surface area contributed by atoms with Crippen molar-refractivity contribution in [2.24, 2.45) is 5.41 Å². The van der Waals surface area contributed by atoms with Crippen molar-refractivity contribution >= 4 is 0 Å². The van der Waals surface area contributed by atoms with Gasteiger partial charge in [0.1, 0.15) is 6.23 Å². The molecule has 0 saturated carbocycles. The predicted octanol–water partition coefficient (Wildman–Crippen LogP) is 2.43. The molecule has 2 fully saturated rings. The van der Waals surface area contributed by atoms with E-state index in [-0.39, 0.29) is 6.23 Å². The fraction of sp³-hybridized carbons (Fsp3) is 1.00. The second kappa shape index (κ2) is 6.17. The number of fused-ring (bicyclic) bond motifs is 2. The van der Waals surface area contributed by atoms with Crippen molar-refractivity contribution in [1.29, 1.82) is 0 Å². The second-order valence-corrected chi connectivity index (χ2v) is 5.71. The van der Waals surface area contributed by atoms with Crippen LogP contribution in [0.4, 0.5) is 0 Å². The molecule has 100 valence electrons. The Hall–Kier alpha value is -0.120. The third-order valence-corrected chi connectivity index (χ3v) is 4.50. The van der Waals surface area contributed by atoms with Crippen LogP contribution in [0.3, 0.4) is 0 Å². The molecule has 0 aromatic carbocycles. The zero-order valence-corrected chi connectivity index (χ0v) is 11.1. The van der Waals surface area contributed by atoms with Crippen LogP contribution in [0.2, 0.25) is 0 Å². The van der Waals surface area contributed by atoms with Gasteiger partial charge in [-0.05, 0) is 38.6 Å². The van der Waals surface area contributed by atoms with E-state index in [4.69, 9.17) is 9.84 Å². The van der Waals surface area contributed by atoms with E-state index in [9.17, 15) is 0 Å². The molecule has 3 heteroatoms. The molecule has 2 saturated heterocycles. The monoisotopic (exact) mass is 241 g/mol. The van der Waals surface area contributed by atoms with Gasteiger partial charge in [-0.15, -0.1) is 0 Å². The molecule has 0 aliphatic carbocycles. The van der Waals surface area contributed by atoms with Crippen molar-refractivity contribution in [1.82, 2.24) is 5.32 Å². The van der Waals surface area contributed by atoms with Crippen LogP contribution in [-0.2, 0) is 4.74 Å². The quantitative estimate of drug-likeness (QED) is 0.673. The number of ether oxygens (including phenoxy) is 1. The summed E-state index contributed by atoms with van der Waals surface area (Å²) in [6.07, 6.45) is 10.3. The SMILES string of the molecule is CCCCCC12CCNC(C1)OC2CCCO. The van der Waals surface area contributed by atoms with Gasteiger partial charge in [-0.1, -0.05) is 26.2 Å². The van der Waals surface area contributed by atoms with Gasteiger partial charge in [-0.25, -0.2) is 0 Å². The molecule has 3 atom stereocenters. The first-order chi connectivity index (χ1) is 8.30. The molecule has 2 rings (SSSR count). The maximum Gasteiger partial charge on any atom is 0.109 e. The zero-order valence-electron chi connectivity index (χ0n) is 11.1. The molecular weight excluding hydrogens is 214 g/mol. The largest absolute Gasteiger partial charge is 0.396 e. The smallest absolute Gasteiger partial charge is 0.109 e. The van der Waals surface area contributed by atoms with Crippen LogP contribution in [0.25, 0.3) is 0 Å². The molecular formula is C14H27NO2. The van der Waals surface area contributed by atoms with Crippen LogP contribution in [0.1, 0.15) is 58.3 Å². The van der Waals surface area contributed by atoms with E-state index in [1.54, 1.807) is 0 Å². The van der Waals surface area contributed by atoms with E-state index in [0.717, 1.165) is 19.4 Å². The van der Waals surface area contributed by atoms with Gasteiger partial charge in [0.25, 0.3) is 0 Å². The number of aliphatic hydroxyl groups is 1. The summed E-state index contributed by atoms with van der Waals surface area (Å²) < 4.78 is 6.10. The maximum atomic E-state index is 8.99. The minimum Gasteiger partial charge on any atom is -0.396 e. The number of hydrogen-bond acceptors (Lipinski definition) is 3. The van der Waals surface area contributed by atoms with Gasteiger partial charge in [0.05, 0.1) is 6.10 Å². The zero-order chi connectivity index (χ0) is 12.1. The molecule has 0 spiro atoms. The standard InChI is InChI=1S/C14H27NO2/c1-2-3-4-7-14-8-9-15-13(11-14)17-12(14)6-5-10-16/h12-13,15-16H,2-11H2,1H3. The van der Waals surface area contributed by atoms with E-state index in [1.165, 1.54) is 38.5 Å². The lowest BCUT2D eigenvalue weighted by Gasteiger charge is -2.35. The summed E-state index contributed by atoms with van der Waals surface area (Å²) in [7, 11) is 0. The van der Waals surface area contributed by atoms with E-state index >= 15 is 0 Å². The summed E-state index contributed by atoms with van der Waals surface area (Å²) in [5.41, 5.74) is 0.417. The van der Waals surface area contributed by atoms with Crippen LogP contribution in [0.5, 0.6) is 0 Å². The van der Waals surface area contributed by atoms with Gasteiger partial charge >= 0.3 is 0 Å². The van der Waals surface area contributed by atoms with Gasteiger partial charge in [0.15, 0.2) is 0 Å². The molecule has 3 unspecified atom stereocenters. The minimum absolute atomic E-state index is 0.286. The topological polar surface area (TPSA) is 41.5 Å². The van der Waals surface area contributed by atoms with Crippen molar-refractivity contribution in [2.45, 2.75) is 70.6 Å². The van der Waals surface area contributed by atoms with Gasteiger partial charge in [0, 0.05) is 12.0 Å². The lowest BCUT2D eigenvalue weighted by molar-refractivity contribution is 0.00359. The van der Waals surface area contributed by atoms with Crippen LogP contribution in [0.15, 0.2) is 0 Å². The first-order valence-corrected chi connectivity index (χ1v) is 7.30. The highest BCUT2D eigenvalue weighted by Gasteiger charge is 2.49. The number of rotatable bonds is 7. The number of hydrogen-bond donors (Lipinski definition) is 2. The first-order valence-electron chi connectivity index (χ1n) is 7.30. The Morgan fingerprint density at radius 1 is 1.35 bits per heavy atom. The van der Waals surface area contributed by atoms with Crippen molar-refractivity contribution < 1.29 is 9.84 Å².